The number of hydrogen-bond acceptors (Lipinski definition) is 6. The smallest absolute Gasteiger partial charge is 0.371 e. The maximum Gasteiger partial charge on any atom is 0.371 e. The normalized spacial score (nSPS) is 10.6. The Balaban J connectivity index is 1.82. The molecule has 0 aromatic carbocycles. The first-order valence-electron chi connectivity index (χ1n) is 7.19. The molecule has 0 fully saturated rings. The minimum absolute atomic E-state index is 0.0561. The predicted octanol–water partition coefficient (Wildman–Crippen LogP) is 1.89. The Morgan fingerprint density at radius 3 is 2.71 bits per heavy atom. The molecule has 128 valence electrons. The molecule has 0 radical (unpaired) electrons. The quantitative estimate of drug-likeness (QED) is 0.700. The summed E-state index contributed by atoms with van der Waals surface area (Å²) in [6.07, 6.45) is 0.0561. The van der Waals surface area contributed by atoms with Crippen molar-refractivity contribution in [2.45, 2.75) is 26.8 Å². The van der Waals surface area contributed by atoms with Crippen molar-refractivity contribution >= 4 is 34.3 Å². The van der Waals surface area contributed by atoms with E-state index in [2.05, 4.69) is 15.6 Å². The van der Waals surface area contributed by atoms with E-state index < -0.39 is 5.97 Å². The lowest BCUT2D eigenvalue weighted by molar-refractivity contribution is -0.121. The van der Waals surface area contributed by atoms with Crippen molar-refractivity contribution in [3.63, 3.8) is 0 Å². The van der Waals surface area contributed by atoms with Crippen molar-refractivity contribution < 1.29 is 23.9 Å². The van der Waals surface area contributed by atoms with Crippen molar-refractivity contribution in [3.05, 3.63) is 34.7 Å². The summed E-state index contributed by atoms with van der Waals surface area (Å²) >= 11 is 1.25. The van der Waals surface area contributed by atoms with Gasteiger partial charge in [-0.25, -0.2) is 9.78 Å². The number of carbonyl (C=O) groups is 3. The summed E-state index contributed by atoms with van der Waals surface area (Å²) < 4.78 is 5.04. The summed E-state index contributed by atoms with van der Waals surface area (Å²) in [5.41, 5.74) is 0.544. The minimum atomic E-state index is -1.16. The van der Waals surface area contributed by atoms with E-state index in [1.54, 1.807) is 19.2 Å². The van der Waals surface area contributed by atoms with E-state index in [4.69, 9.17) is 9.52 Å². The highest BCUT2D eigenvalue weighted by atomic mass is 32.1. The lowest BCUT2D eigenvalue weighted by Gasteiger charge is -2.03. The summed E-state index contributed by atoms with van der Waals surface area (Å²) in [7, 11) is 0. The number of hydrogen-bond donors (Lipinski definition) is 3. The summed E-state index contributed by atoms with van der Waals surface area (Å²) in [5.74, 6) is -1.55. The molecule has 0 atom stereocenters. The van der Waals surface area contributed by atoms with Gasteiger partial charge in [-0.05, 0) is 12.1 Å². The van der Waals surface area contributed by atoms with Crippen molar-refractivity contribution in [2.24, 2.45) is 5.92 Å². The fourth-order valence-corrected chi connectivity index (χ4v) is 2.41. The van der Waals surface area contributed by atoms with Crippen molar-refractivity contribution in [1.29, 1.82) is 0 Å². The van der Waals surface area contributed by atoms with Crippen LogP contribution in [0.25, 0.3) is 0 Å². The third-order valence-corrected chi connectivity index (χ3v) is 3.79. The van der Waals surface area contributed by atoms with Gasteiger partial charge in [0, 0.05) is 11.3 Å². The zero-order valence-corrected chi connectivity index (χ0v) is 14.0. The van der Waals surface area contributed by atoms with Gasteiger partial charge in [-0.15, -0.1) is 11.3 Å². The number of carboxylic acid groups (broad SMARTS) is 1. The molecule has 2 amide bonds. The van der Waals surface area contributed by atoms with E-state index in [-0.39, 0.29) is 36.5 Å². The van der Waals surface area contributed by atoms with Gasteiger partial charge in [0.25, 0.3) is 0 Å². The average molecular weight is 351 g/mol. The number of anilines is 1. The summed E-state index contributed by atoms with van der Waals surface area (Å²) in [4.78, 5) is 38.3. The molecule has 2 rings (SSSR count). The first-order valence-corrected chi connectivity index (χ1v) is 8.07. The SMILES string of the molecule is CC(C)C(=O)Nc1nc(CC(=O)NCc2ccc(C(=O)O)o2)cs1. The zero-order valence-electron chi connectivity index (χ0n) is 13.2. The lowest BCUT2D eigenvalue weighted by Crippen LogP contribution is -2.24. The molecule has 0 spiro atoms. The average Bonchev–Trinajstić information content (AvgIpc) is 3.14. The molecule has 0 unspecified atom stereocenters. The number of nitrogens with one attached hydrogen (secondary N) is 2. The van der Waals surface area contributed by atoms with Gasteiger partial charge in [-0.1, -0.05) is 13.8 Å². The number of aromatic nitrogens is 1. The van der Waals surface area contributed by atoms with Crippen LogP contribution in [0.15, 0.2) is 21.9 Å². The highest BCUT2D eigenvalue weighted by Gasteiger charge is 2.13. The molecule has 8 nitrogen and oxygen atoms in total. The van der Waals surface area contributed by atoms with Crippen LogP contribution in [0.2, 0.25) is 0 Å². The van der Waals surface area contributed by atoms with Crippen LogP contribution in [0, 0.1) is 5.92 Å². The van der Waals surface area contributed by atoms with E-state index in [1.807, 2.05) is 0 Å². The van der Waals surface area contributed by atoms with Crippen molar-refractivity contribution in [2.75, 3.05) is 5.32 Å². The van der Waals surface area contributed by atoms with Crippen LogP contribution in [-0.4, -0.2) is 27.9 Å². The van der Waals surface area contributed by atoms with E-state index in [1.165, 1.54) is 23.5 Å². The van der Waals surface area contributed by atoms with Gasteiger partial charge in [0.15, 0.2) is 5.13 Å². The molecule has 0 saturated heterocycles. The molecule has 3 N–H and O–H groups in total. The van der Waals surface area contributed by atoms with Gasteiger partial charge < -0.3 is 20.2 Å². The van der Waals surface area contributed by atoms with Crippen LogP contribution in [0.3, 0.4) is 0 Å². The molecule has 24 heavy (non-hydrogen) atoms. The predicted molar refractivity (Wildman–Crippen MR) is 86.8 cm³/mol. The third-order valence-electron chi connectivity index (χ3n) is 2.98. The van der Waals surface area contributed by atoms with Gasteiger partial charge in [0.1, 0.15) is 5.76 Å². The number of carboxylic acids is 1. The first kappa shape index (κ1) is 17.7. The molecular weight excluding hydrogens is 334 g/mol. The number of nitrogens with zero attached hydrogens (tertiary/aromatic N) is 1. The van der Waals surface area contributed by atoms with Gasteiger partial charge in [-0.2, -0.15) is 0 Å². The standard InChI is InChI=1S/C15H17N3O5S/c1-8(2)13(20)18-15-17-9(7-24-15)5-12(19)16-6-10-3-4-11(23-10)14(21)22/h3-4,7-8H,5-6H2,1-2H3,(H,16,19)(H,21,22)(H,17,18,20). The number of furan rings is 1. The zero-order chi connectivity index (χ0) is 17.7. The van der Waals surface area contributed by atoms with Gasteiger partial charge in [0.2, 0.25) is 17.6 Å². The summed E-state index contributed by atoms with van der Waals surface area (Å²) in [6.45, 7) is 3.65. The molecule has 9 heteroatoms. The molecule has 0 aliphatic rings. The lowest BCUT2D eigenvalue weighted by atomic mass is 10.2. The molecule has 0 aliphatic carbocycles. The van der Waals surface area contributed by atoms with E-state index in [0.717, 1.165) is 0 Å². The molecule has 2 aromatic rings. The second-order valence-electron chi connectivity index (χ2n) is 5.31. The van der Waals surface area contributed by atoms with E-state index in [0.29, 0.717) is 16.6 Å². The molecule has 0 bridgehead atoms. The fourth-order valence-electron chi connectivity index (χ4n) is 1.70. The van der Waals surface area contributed by atoms with Crippen LogP contribution < -0.4 is 10.6 Å². The Bertz CT molecular complexity index is 750. The maximum absolute atomic E-state index is 11.9. The number of amides is 2. The first-order chi connectivity index (χ1) is 11.3. The minimum Gasteiger partial charge on any atom is -0.475 e. The summed E-state index contributed by atoms with van der Waals surface area (Å²) in [6, 6.07) is 2.82. The fraction of sp³-hybridized carbons (Fsp3) is 0.333. The monoisotopic (exact) mass is 351 g/mol. The summed E-state index contributed by atoms with van der Waals surface area (Å²) in [5, 5.41) is 16.2. The highest BCUT2D eigenvalue weighted by molar-refractivity contribution is 7.13. The number of aromatic carboxylic acids is 1. The van der Waals surface area contributed by atoms with Crippen LogP contribution in [0.4, 0.5) is 5.13 Å². The van der Waals surface area contributed by atoms with Crippen LogP contribution >= 0.6 is 11.3 Å². The van der Waals surface area contributed by atoms with E-state index >= 15 is 0 Å². The largest absolute Gasteiger partial charge is 0.475 e. The second kappa shape index (κ2) is 7.73. The molecule has 0 aliphatic heterocycles. The second-order valence-corrected chi connectivity index (χ2v) is 6.17. The highest BCUT2D eigenvalue weighted by Crippen LogP contribution is 2.16. The van der Waals surface area contributed by atoms with Crippen molar-refractivity contribution in [1.82, 2.24) is 10.3 Å². The maximum atomic E-state index is 11.9. The Kier molecular flexibility index (Phi) is 5.69. The van der Waals surface area contributed by atoms with Gasteiger partial charge in [-0.3, -0.25) is 9.59 Å². The van der Waals surface area contributed by atoms with Crippen LogP contribution in [0.1, 0.15) is 35.9 Å². The van der Waals surface area contributed by atoms with Crippen molar-refractivity contribution in [3.8, 4) is 0 Å². The number of carbonyl (C=O) groups excluding carboxylic acids is 2. The van der Waals surface area contributed by atoms with Crippen LogP contribution in [-0.2, 0) is 22.6 Å². The molecule has 0 saturated carbocycles. The Labute approximate surface area is 141 Å². The van der Waals surface area contributed by atoms with Gasteiger partial charge >= 0.3 is 5.97 Å². The Morgan fingerprint density at radius 2 is 2.08 bits per heavy atom. The topological polar surface area (TPSA) is 122 Å². The van der Waals surface area contributed by atoms with Crippen LogP contribution in [0.5, 0.6) is 0 Å². The third kappa shape index (κ3) is 4.92. The van der Waals surface area contributed by atoms with E-state index in [9.17, 15) is 14.4 Å². The number of thiazole rings is 1. The number of rotatable bonds is 7. The van der Waals surface area contributed by atoms with Gasteiger partial charge in [0.05, 0.1) is 18.7 Å². The molecule has 2 heterocycles. The molecular formula is C15H17N3O5S. The molecule has 2 aromatic heterocycles. The Hall–Kier alpha value is -2.68. The Morgan fingerprint density at radius 1 is 1.33 bits per heavy atom.